The maximum atomic E-state index is 6.15. The highest BCUT2D eigenvalue weighted by Gasteiger charge is 2.17. The van der Waals surface area contributed by atoms with E-state index in [0.29, 0.717) is 0 Å². The van der Waals surface area contributed by atoms with Gasteiger partial charge >= 0.3 is 0 Å². The van der Waals surface area contributed by atoms with Crippen LogP contribution < -0.4 is 9.47 Å². The van der Waals surface area contributed by atoms with Gasteiger partial charge in [0, 0.05) is 5.56 Å². The first kappa shape index (κ1) is 17.7. The predicted molar refractivity (Wildman–Crippen MR) is 112 cm³/mol. The van der Waals surface area contributed by atoms with E-state index in [1.807, 2.05) is 0 Å². The van der Waals surface area contributed by atoms with Gasteiger partial charge in [0.2, 0.25) is 0 Å². The lowest BCUT2D eigenvalue weighted by molar-refractivity contribution is 0.224. The van der Waals surface area contributed by atoms with Crippen molar-refractivity contribution in [3.05, 3.63) is 71.3 Å². The molecule has 0 spiro atoms. The first-order valence-electron chi connectivity index (χ1n) is 9.69. The molecule has 0 atom stereocenters. The number of benzene rings is 3. The van der Waals surface area contributed by atoms with E-state index < -0.39 is 0 Å². The van der Waals surface area contributed by atoms with Gasteiger partial charge in [0.25, 0.3) is 0 Å². The van der Waals surface area contributed by atoms with Gasteiger partial charge in [-0.25, -0.2) is 0 Å². The summed E-state index contributed by atoms with van der Waals surface area (Å²) in [6.07, 6.45) is 2.06. The van der Waals surface area contributed by atoms with Gasteiger partial charge in [-0.3, -0.25) is 0 Å². The van der Waals surface area contributed by atoms with Gasteiger partial charge in [-0.2, -0.15) is 0 Å². The SMILES string of the molecule is Cc1cccc(-c2cc(C)cc(-c3cc(C)cc4c3OCCCCO4)c2)c1. The summed E-state index contributed by atoms with van der Waals surface area (Å²) in [6.45, 7) is 7.89. The largest absolute Gasteiger partial charge is 0.490 e. The van der Waals surface area contributed by atoms with E-state index in [0.717, 1.165) is 43.1 Å². The molecule has 0 amide bonds. The number of rotatable bonds is 2. The Labute approximate surface area is 161 Å². The average molecular weight is 358 g/mol. The van der Waals surface area contributed by atoms with Crippen LogP contribution in [0.1, 0.15) is 29.5 Å². The summed E-state index contributed by atoms with van der Waals surface area (Å²) in [5.74, 6) is 1.74. The standard InChI is InChI=1S/C25H26O2/c1-17-7-6-8-20(11-17)21-12-18(2)13-22(16-21)23-14-19(3)15-24-25(23)27-10-5-4-9-26-24/h6-8,11-16H,4-5,9-10H2,1-3H3. The number of hydrogen-bond acceptors (Lipinski definition) is 2. The highest BCUT2D eigenvalue weighted by Crippen LogP contribution is 2.41. The predicted octanol–water partition coefficient (Wildman–Crippen LogP) is 6.50. The summed E-state index contributed by atoms with van der Waals surface area (Å²) < 4.78 is 12.2. The van der Waals surface area contributed by atoms with Crippen LogP contribution in [0.3, 0.4) is 0 Å². The van der Waals surface area contributed by atoms with E-state index >= 15 is 0 Å². The second-order valence-corrected chi connectivity index (χ2v) is 7.50. The van der Waals surface area contributed by atoms with Crippen LogP contribution in [-0.2, 0) is 0 Å². The second kappa shape index (κ2) is 7.48. The van der Waals surface area contributed by atoms with Crippen molar-refractivity contribution in [1.82, 2.24) is 0 Å². The highest BCUT2D eigenvalue weighted by atomic mass is 16.5. The van der Waals surface area contributed by atoms with Gasteiger partial charge in [0.05, 0.1) is 13.2 Å². The van der Waals surface area contributed by atoms with E-state index in [4.69, 9.17) is 9.47 Å². The van der Waals surface area contributed by atoms with E-state index in [-0.39, 0.29) is 0 Å². The molecule has 138 valence electrons. The lowest BCUT2D eigenvalue weighted by atomic mass is 9.94. The molecule has 0 unspecified atom stereocenters. The fourth-order valence-electron chi connectivity index (χ4n) is 3.70. The molecule has 0 bridgehead atoms. The van der Waals surface area contributed by atoms with Gasteiger partial charge in [-0.05, 0) is 79.6 Å². The lowest BCUT2D eigenvalue weighted by Gasteiger charge is -2.21. The van der Waals surface area contributed by atoms with Crippen LogP contribution in [0.15, 0.2) is 54.6 Å². The molecular weight excluding hydrogens is 332 g/mol. The molecule has 0 fully saturated rings. The van der Waals surface area contributed by atoms with Gasteiger partial charge in [-0.1, -0.05) is 42.0 Å². The van der Waals surface area contributed by atoms with Crippen LogP contribution in [0.25, 0.3) is 22.3 Å². The van der Waals surface area contributed by atoms with Crippen molar-refractivity contribution in [3.8, 4) is 33.8 Å². The minimum absolute atomic E-state index is 0.739. The Bertz CT molecular complexity index is 972. The molecule has 0 aromatic heterocycles. The fraction of sp³-hybridized carbons (Fsp3) is 0.280. The van der Waals surface area contributed by atoms with Crippen LogP contribution >= 0.6 is 0 Å². The summed E-state index contributed by atoms with van der Waals surface area (Å²) in [6, 6.07) is 19.7. The van der Waals surface area contributed by atoms with E-state index in [2.05, 4.69) is 75.4 Å². The minimum atomic E-state index is 0.739. The lowest BCUT2D eigenvalue weighted by Crippen LogP contribution is -2.09. The third kappa shape index (κ3) is 3.85. The molecule has 2 heteroatoms. The van der Waals surface area contributed by atoms with Crippen molar-refractivity contribution >= 4 is 0 Å². The van der Waals surface area contributed by atoms with Crippen molar-refractivity contribution < 1.29 is 9.47 Å². The molecule has 3 aromatic carbocycles. The number of aryl methyl sites for hydroxylation is 3. The number of ether oxygens (including phenoxy) is 2. The molecule has 27 heavy (non-hydrogen) atoms. The Morgan fingerprint density at radius 3 is 2.15 bits per heavy atom. The zero-order valence-corrected chi connectivity index (χ0v) is 16.3. The fourth-order valence-corrected chi connectivity index (χ4v) is 3.70. The molecule has 4 rings (SSSR count). The van der Waals surface area contributed by atoms with Gasteiger partial charge < -0.3 is 9.47 Å². The monoisotopic (exact) mass is 358 g/mol. The van der Waals surface area contributed by atoms with E-state index in [9.17, 15) is 0 Å². The zero-order valence-electron chi connectivity index (χ0n) is 16.3. The van der Waals surface area contributed by atoms with E-state index in [1.54, 1.807) is 0 Å². The van der Waals surface area contributed by atoms with Crippen LogP contribution in [0.2, 0.25) is 0 Å². The first-order valence-corrected chi connectivity index (χ1v) is 9.69. The van der Waals surface area contributed by atoms with Gasteiger partial charge in [-0.15, -0.1) is 0 Å². The molecule has 1 heterocycles. The molecule has 2 nitrogen and oxygen atoms in total. The zero-order chi connectivity index (χ0) is 18.8. The molecule has 3 aromatic rings. The highest BCUT2D eigenvalue weighted by molar-refractivity contribution is 5.80. The van der Waals surface area contributed by atoms with E-state index in [1.165, 1.54) is 33.4 Å². The maximum Gasteiger partial charge on any atom is 0.168 e. The number of fused-ring (bicyclic) bond motifs is 1. The molecule has 0 aliphatic carbocycles. The van der Waals surface area contributed by atoms with Crippen molar-refractivity contribution in [1.29, 1.82) is 0 Å². The second-order valence-electron chi connectivity index (χ2n) is 7.50. The van der Waals surface area contributed by atoms with Crippen LogP contribution in [-0.4, -0.2) is 13.2 Å². The number of hydrogen-bond donors (Lipinski definition) is 0. The van der Waals surface area contributed by atoms with Gasteiger partial charge in [0.1, 0.15) is 0 Å². The Hall–Kier alpha value is -2.74. The van der Waals surface area contributed by atoms with Crippen LogP contribution in [0.4, 0.5) is 0 Å². The Kier molecular flexibility index (Phi) is 4.89. The summed E-state index contributed by atoms with van der Waals surface area (Å²) in [5, 5.41) is 0. The normalized spacial score (nSPS) is 13.7. The third-order valence-electron chi connectivity index (χ3n) is 4.98. The smallest absolute Gasteiger partial charge is 0.168 e. The minimum Gasteiger partial charge on any atom is -0.490 e. The molecule has 0 saturated heterocycles. The van der Waals surface area contributed by atoms with Crippen molar-refractivity contribution in [2.75, 3.05) is 13.2 Å². The van der Waals surface area contributed by atoms with Crippen LogP contribution in [0, 0.1) is 20.8 Å². The summed E-state index contributed by atoms with van der Waals surface area (Å²) in [5.41, 5.74) is 8.47. The summed E-state index contributed by atoms with van der Waals surface area (Å²) in [4.78, 5) is 0. The van der Waals surface area contributed by atoms with Crippen molar-refractivity contribution in [2.45, 2.75) is 33.6 Å². The Morgan fingerprint density at radius 2 is 1.33 bits per heavy atom. The maximum absolute atomic E-state index is 6.15. The van der Waals surface area contributed by atoms with Gasteiger partial charge in [0.15, 0.2) is 11.5 Å². The molecule has 0 N–H and O–H groups in total. The third-order valence-corrected chi connectivity index (χ3v) is 4.98. The summed E-state index contributed by atoms with van der Waals surface area (Å²) in [7, 11) is 0. The Balaban J connectivity index is 1.86. The topological polar surface area (TPSA) is 18.5 Å². The molecule has 0 saturated carbocycles. The van der Waals surface area contributed by atoms with Crippen LogP contribution in [0.5, 0.6) is 11.5 Å². The summed E-state index contributed by atoms with van der Waals surface area (Å²) >= 11 is 0. The Morgan fingerprint density at radius 1 is 0.630 bits per heavy atom. The average Bonchev–Trinajstić information content (AvgIpc) is 2.62. The molecule has 1 aliphatic heterocycles. The molecular formula is C25H26O2. The quantitative estimate of drug-likeness (QED) is 0.521. The van der Waals surface area contributed by atoms with Crippen molar-refractivity contribution in [2.24, 2.45) is 0 Å². The first-order chi connectivity index (χ1) is 13.1. The molecule has 1 aliphatic rings. The molecule has 0 radical (unpaired) electrons. The van der Waals surface area contributed by atoms with Crippen molar-refractivity contribution in [3.63, 3.8) is 0 Å².